The van der Waals surface area contributed by atoms with Gasteiger partial charge in [-0.25, -0.2) is 0 Å². The quantitative estimate of drug-likeness (QED) is 0.571. The molecule has 0 radical (unpaired) electrons. The molecule has 2 aliphatic rings. The minimum Gasteiger partial charge on any atom is -0.393 e. The molecule has 0 atom stereocenters. The molecule has 0 aromatic heterocycles. The number of carbonyl (C=O) groups is 2. The van der Waals surface area contributed by atoms with Crippen LogP contribution < -0.4 is 11.5 Å². The molecule has 6 nitrogen and oxygen atoms in total. The summed E-state index contributed by atoms with van der Waals surface area (Å²) in [6.07, 6.45) is 5.56. The second kappa shape index (κ2) is 8.21. The van der Waals surface area contributed by atoms with E-state index in [1.54, 1.807) is 0 Å². The fourth-order valence-corrected chi connectivity index (χ4v) is 2.72. The van der Waals surface area contributed by atoms with Crippen LogP contribution in [0, 0.1) is 11.8 Å². The van der Waals surface area contributed by atoms with Gasteiger partial charge in [-0.05, 0) is 51.4 Å². The van der Waals surface area contributed by atoms with E-state index in [-0.39, 0.29) is 35.9 Å². The van der Waals surface area contributed by atoms with Gasteiger partial charge in [0, 0.05) is 11.8 Å². The molecule has 2 fully saturated rings. The number of hydrogen-bond acceptors (Lipinski definition) is 4. The van der Waals surface area contributed by atoms with Crippen molar-refractivity contribution in [3.63, 3.8) is 0 Å². The number of aliphatic hydroxyl groups is 2. The van der Waals surface area contributed by atoms with Crippen LogP contribution in [0.5, 0.6) is 0 Å². The van der Waals surface area contributed by atoms with Crippen LogP contribution in [0.25, 0.3) is 0 Å². The third-order valence-electron chi connectivity index (χ3n) is 4.20. The van der Waals surface area contributed by atoms with E-state index in [9.17, 15) is 9.59 Å². The highest BCUT2D eigenvalue weighted by molar-refractivity contribution is 5.77. The van der Waals surface area contributed by atoms with Crippen molar-refractivity contribution in [2.45, 2.75) is 63.6 Å². The standard InChI is InChI=1S/2C7H13NO2/c2*8-7(10)5-1-3-6(9)4-2-5/h2*5-6,9H,1-4H2,(H2,8,10). The third-order valence-corrected chi connectivity index (χ3v) is 4.20. The minimum atomic E-state index is -0.216. The Labute approximate surface area is 119 Å². The number of primary amides is 2. The summed E-state index contributed by atoms with van der Waals surface area (Å²) in [5.74, 6) is -0.398. The van der Waals surface area contributed by atoms with Crippen molar-refractivity contribution in [2.24, 2.45) is 23.3 Å². The Morgan fingerprint density at radius 2 is 0.900 bits per heavy atom. The molecule has 0 aliphatic heterocycles. The van der Waals surface area contributed by atoms with Gasteiger partial charge >= 0.3 is 0 Å². The van der Waals surface area contributed by atoms with Crippen LogP contribution in [0.3, 0.4) is 0 Å². The van der Waals surface area contributed by atoms with Crippen LogP contribution in [0.2, 0.25) is 0 Å². The van der Waals surface area contributed by atoms with Gasteiger partial charge in [0.2, 0.25) is 11.8 Å². The summed E-state index contributed by atoms with van der Waals surface area (Å²) in [6, 6.07) is 0. The topological polar surface area (TPSA) is 127 Å². The third kappa shape index (κ3) is 5.88. The maximum absolute atomic E-state index is 10.6. The average molecular weight is 286 g/mol. The molecule has 0 saturated heterocycles. The van der Waals surface area contributed by atoms with Gasteiger partial charge < -0.3 is 21.7 Å². The van der Waals surface area contributed by atoms with Gasteiger partial charge in [-0.3, -0.25) is 9.59 Å². The second-order valence-electron chi connectivity index (χ2n) is 5.82. The smallest absolute Gasteiger partial charge is 0.220 e. The first-order valence-corrected chi connectivity index (χ1v) is 7.35. The number of hydrogen-bond donors (Lipinski definition) is 4. The van der Waals surface area contributed by atoms with E-state index in [4.69, 9.17) is 21.7 Å². The van der Waals surface area contributed by atoms with Crippen molar-refractivity contribution < 1.29 is 19.8 Å². The molecule has 6 heteroatoms. The molecule has 2 aliphatic carbocycles. The summed E-state index contributed by atoms with van der Waals surface area (Å²) in [5.41, 5.74) is 10.2. The average Bonchev–Trinajstić information content (AvgIpc) is 2.40. The van der Waals surface area contributed by atoms with Crippen molar-refractivity contribution in [2.75, 3.05) is 0 Å². The van der Waals surface area contributed by atoms with E-state index in [1.165, 1.54) is 0 Å². The van der Waals surface area contributed by atoms with Crippen LogP contribution >= 0.6 is 0 Å². The lowest BCUT2D eigenvalue weighted by Crippen LogP contribution is -2.29. The molecule has 0 bridgehead atoms. The van der Waals surface area contributed by atoms with Crippen LogP contribution in [-0.2, 0) is 9.59 Å². The highest BCUT2D eigenvalue weighted by Gasteiger charge is 2.23. The van der Waals surface area contributed by atoms with Crippen molar-refractivity contribution in [1.82, 2.24) is 0 Å². The lowest BCUT2D eigenvalue weighted by Gasteiger charge is -2.22. The number of nitrogens with two attached hydrogens (primary N) is 2. The monoisotopic (exact) mass is 286 g/mol. The predicted molar refractivity (Wildman–Crippen MR) is 74.3 cm³/mol. The number of carbonyl (C=O) groups excluding carboxylic acids is 2. The highest BCUT2D eigenvalue weighted by Crippen LogP contribution is 2.24. The first-order chi connectivity index (χ1) is 9.40. The van der Waals surface area contributed by atoms with Crippen LogP contribution in [0.15, 0.2) is 0 Å². The van der Waals surface area contributed by atoms with E-state index < -0.39 is 0 Å². The summed E-state index contributed by atoms with van der Waals surface area (Å²) in [6.45, 7) is 0. The minimum absolute atomic E-state index is 0.0170. The number of aliphatic hydroxyl groups excluding tert-OH is 2. The molecule has 2 rings (SSSR count). The molecule has 2 amide bonds. The maximum atomic E-state index is 10.6. The molecule has 0 aromatic rings. The zero-order valence-corrected chi connectivity index (χ0v) is 11.8. The van der Waals surface area contributed by atoms with Gasteiger partial charge in [0.15, 0.2) is 0 Å². The molecule has 0 heterocycles. The lowest BCUT2D eigenvalue weighted by atomic mass is 9.87. The summed E-state index contributed by atoms with van der Waals surface area (Å²) in [4.78, 5) is 21.2. The fraction of sp³-hybridized carbons (Fsp3) is 0.857. The summed E-state index contributed by atoms with van der Waals surface area (Å²) in [7, 11) is 0. The van der Waals surface area contributed by atoms with Gasteiger partial charge in [-0.15, -0.1) is 0 Å². The Morgan fingerprint density at radius 3 is 1.10 bits per heavy atom. The Morgan fingerprint density at radius 1 is 0.650 bits per heavy atom. The molecular weight excluding hydrogens is 260 g/mol. The Bertz CT molecular complexity index is 287. The molecule has 0 spiro atoms. The fourth-order valence-electron chi connectivity index (χ4n) is 2.72. The van der Waals surface area contributed by atoms with Crippen LogP contribution in [0.1, 0.15) is 51.4 Å². The molecule has 0 unspecified atom stereocenters. The normalized spacial score (nSPS) is 33.7. The second-order valence-corrected chi connectivity index (χ2v) is 5.82. The molecule has 20 heavy (non-hydrogen) atoms. The number of rotatable bonds is 2. The molecule has 2 saturated carbocycles. The van der Waals surface area contributed by atoms with Crippen molar-refractivity contribution in [3.8, 4) is 0 Å². The highest BCUT2D eigenvalue weighted by atomic mass is 16.3. The molecule has 0 aromatic carbocycles. The van der Waals surface area contributed by atoms with Crippen LogP contribution in [0.4, 0.5) is 0 Å². The van der Waals surface area contributed by atoms with E-state index in [1.807, 2.05) is 0 Å². The van der Waals surface area contributed by atoms with Gasteiger partial charge in [0.05, 0.1) is 12.2 Å². The first kappa shape index (κ1) is 16.9. The van der Waals surface area contributed by atoms with Gasteiger partial charge in [-0.1, -0.05) is 0 Å². The Kier molecular flexibility index (Phi) is 6.95. The molecule has 116 valence electrons. The SMILES string of the molecule is NC(=O)C1CCC(O)CC1.NC(=O)C1CCC(O)CC1. The van der Waals surface area contributed by atoms with Gasteiger partial charge in [-0.2, -0.15) is 0 Å². The maximum Gasteiger partial charge on any atom is 0.220 e. The van der Waals surface area contributed by atoms with Gasteiger partial charge in [0.1, 0.15) is 0 Å². The summed E-state index contributed by atoms with van der Waals surface area (Å²) >= 11 is 0. The largest absolute Gasteiger partial charge is 0.393 e. The summed E-state index contributed by atoms with van der Waals surface area (Å²) < 4.78 is 0. The molecular formula is C14H26N2O4. The Balaban J connectivity index is 0.000000200. The van der Waals surface area contributed by atoms with Crippen molar-refractivity contribution in [3.05, 3.63) is 0 Å². The van der Waals surface area contributed by atoms with Gasteiger partial charge in [0.25, 0.3) is 0 Å². The first-order valence-electron chi connectivity index (χ1n) is 7.35. The number of amides is 2. The Hall–Kier alpha value is -1.14. The molecule has 6 N–H and O–H groups in total. The predicted octanol–water partition coefficient (Wildman–Crippen LogP) is 0.0456. The zero-order valence-electron chi connectivity index (χ0n) is 11.8. The summed E-state index contributed by atoms with van der Waals surface area (Å²) in [5, 5.41) is 18.1. The van der Waals surface area contributed by atoms with E-state index >= 15 is 0 Å². The van der Waals surface area contributed by atoms with E-state index in [2.05, 4.69) is 0 Å². The van der Waals surface area contributed by atoms with E-state index in [0.717, 1.165) is 51.4 Å². The van der Waals surface area contributed by atoms with E-state index in [0.29, 0.717) is 0 Å². The zero-order chi connectivity index (χ0) is 15.1. The van der Waals surface area contributed by atoms with Crippen LogP contribution in [-0.4, -0.2) is 34.2 Å². The lowest BCUT2D eigenvalue weighted by molar-refractivity contribution is -0.124. The van der Waals surface area contributed by atoms with Crippen molar-refractivity contribution in [1.29, 1.82) is 0 Å². The van der Waals surface area contributed by atoms with Crippen molar-refractivity contribution >= 4 is 11.8 Å².